The molecule has 0 spiro atoms. The third-order valence-corrected chi connectivity index (χ3v) is 6.43. The van der Waals surface area contributed by atoms with E-state index in [0.29, 0.717) is 17.5 Å². The molecule has 0 aromatic carbocycles. The molecule has 0 aromatic heterocycles. The number of hydrogen-bond acceptors (Lipinski definition) is 2. The fraction of sp³-hybridized carbons (Fsp3) is 1.00. The second kappa shape index (κ2) is 3.96. The Morgan fingerprint density at radius 1 is 1.18 bits per heavy atom. The molecule has 3 bridgehead atoms. The molecule has 2 aliphatic carbocycles. The molecule has 2 saturated carbocycles. The van der Waals surface area contributed by atoms with Crippen LogP contribution in [0.2, 0.25) is 0 Å². The number of piperidine rings is 1. The first kappa shape index (κ1) is 12.0. The minimum atomic E-state index is 0.461. The van der Waals surface area contributed by atoms with Crippen LogP contribution in [-0.2, 0) is 0 Å². The van der Waals surface area contributed by atoms with Crippen molar-refractivity contribution >= 4 is 0 Å². The molecule has 3 aliphatic rings. The Labute approximate surface area is 105 Å². The lowest BCUT2D eigenvalue weighted by Crippen LogP contribution is -2.51. The zero-order valence-corrected chi connectivity index (χ0v) is 11.5. The van der Waals surface area contributed by atoms with E-state index in [2.05, 4.69) is 20.8 Å². The summed E-state index contributed by atoms with van der Waals surface area (Å²) >= 11 is 0. The summed E-state index contributed by atoms with van der Waals surface area (Å²) < 4.78 is 0. The van der Waals surface area contributed by atoms with Gasteiger partial charge in [-0.15, -0.1) is 0 Å². The van der Waals surface area contributed by atoms with Gasteiger partial charge in [0, 0.05) is 12.1 Å². The molecule has 0 radical (unpaired) electrons. The van der Waals surface area contributed by atoms with E-state index in [0.717, 1.165) is 17.8 Å². The Bertz CT molecular complexity index is 301. The molecule has 1 N–H and O–H groups in total. The highest BCUT2D eigenvalue weighted by Crippen LogP contribution is 2.61. The van der Waals surface area contributed by atoms with Crippen molar-refractivity contribution in [3.8, 4) is 0 Å². The summed E-state index contributed by atoms with van der Waals surface area (Å²) in [6, 6.07) is 0.947. The van der Waals surface area contributed by atoms with E-state index in [1.165, 1.54) is 38.5 Å². The molecule has 3 fully saturated rings. The SMILES string of the molecule is CCC(CC)C1(C)CC2CC3CC(CC31)N2O. The standard InChI is InChI=1S/C15H27NO/c1-4-11(5-2)15(3)9-13-7-10-6-12(16(13)17)8-14(10)15/h10-14,17H,4-9H2,1-3H3. The van der Waals surface area contributed by atoms with Gasteiger partial charge in [-0.05, 0) is 48.9 Å². The van der Waals surface area contributed by atoms with E-state index in [4.69, 9.17) is 0 Å². The molecular weight excluding hydrogens is 210 g/mol. The molecule has 1 saturated heterocycles. The minimum Gasteiger partial charge on any atom is -0.313 e. The van der Waals surface area contributed by atoms with Crippen molar-refractivity contribution in [2.24, 2.45) is 23.2 Å². The molecule has 1 aliphatic heterocycles. The average molecular weight is 237 g/mol. The van der Waals surface area contributed by atoms with Gasteiger partial charge in [-0.2, -0.15) is 5.06 Å². The Balaban J connectivity index is 1.93. The number of fused-ring (bicyclic) bond motifs is 2. The Hall–Kier alpha value is -0.0800. The first-order valence-corrected chi connectivity index (χ1v) is 7.57. The summed E-state index contributed by atoms with van der Waals surface area (Å²) in [6.07, 6.45) is 7.61. The first-order chi connectivity index (χ1) is 8.10. The van der Waals surface area contributed by atoms with Gasteiger partial charge in [-0.1, -0.05) is 33.6 Å². The van der Waals surface area contributed by atoms with Crippen LogP contribution in [-0.4, -0.2) is 22.4 Å². The molecule has 3 rings (SSSR count). The van der Waals surface area contributed by atoms with Gasteiger partial charge in [-0.25, -0.2) is 0 Å². The smallest absolute Gasteiger partial charge is 0.0361 e. The highest BCUT2D eigenvalue weighted by Gasteiger charge is 2.58. The maximum atomic E-state index is 10.3. The highest BCUT2D eigenvalue weighted by atomic mass is 16.5. The third-order valence-electron chi connectivity index (χ3n) is 6.43. The lowest BCUT2D eigenvalue weighted by atomic mass is 9.56. The van der Waals surface area contributed by atoms with E-state index in [1.54, 1.807) is 5.06 Å². The van der Waals surface area contributed by atoms with Gasteiger partial charge in [0.25, 0.3) is 0 Å². The number of hydrogen-bond donors (Lipinski definition) is 1. The lowest BCUT2D eigenvalue weighted by Gasteiger charge is -2.52. The molecule has 17 heavy (non-hydrogen) atoms. The summed E-state index contributed by atoms with van der Waals surface area (Å²) in [5.74, 6) is 2.64. The van der Waals surface area contributed by atoms with Gasteiger partial charge in [0.05, 0.1) is 0 Å². The quantitative estimate of drug-likeness (QED) is 0.809. The van der Waals surface area contributed by atoms with Gasteiger partial charge in [0.15, 0.2) is 0 Å². The Morgan fingerprint density at radius 2 is 1.82 bits per heavy atom. The largest absolute Gasteiger partial charge is 0.313 e. The normalized spacial score (nSPS) is 49.2. The van der Waals surface area contributed by atoms with Crippen molar-refractivity contribution in [1.29, 1.82) is 0 Å². The second-order valence-electron chi connectivity index (χ2n) is 6.98. The van der Waals surface area contributed by atoms with Crippen molar-refractivity contribution in [1.82, 2.24) is 5.06 Å². The van der Waals surface area contributed by atoms with E-state index < -0.39 is 0 Å². The van der Waals surface area contributed by atoms with Crippen molar-refractivity contribution < 1.29 is 5.21 Å². The van der Waals surface area contributed by atoms with Crippen LogP contribution in [0.15, 0.2) is 0 Å². The van der Waals surface area contributed by atoms with Crippen molar-refractivity contribution in [3.05, 3.63) is 0 Å². The molecule has 0 aromatic rings. The van der Waals surface area contributed by atoms with Gasteiger partial charge in [0.1, 0.15) is 0 Å². The summed E-state index contributed by atoms with van der Waals surface area (Å²) in [7, 11) is 0. The average Bonchev–Trinajstić information content (AvgIpc) is 2.65. The van der Waals surface area contributed by atoms with Crippen LogP contribution in [0.4, 0.5) is 0 Å². The predicted molar refractivity (Wildman–Crippen MR) is 68.8 cm³/mol. The summed E-state index contributed by atoms with van der Waals surface area (Å²) in [6.45, 7) is 7.22. The fourth-order valence-corrected chi connectivity index (χ4v) is 5.66. The first-order valence-electron chi connectivity index (χ1n) is 7.57. The zero-order chi connectivity index (χ0) is 12.2. The van der Waals surface area contributed by atoms with E-state index in [-0.39, 0.29) is 0 Å². The predicted octanol–water partition coefficient (Wildman–Crippen LogP) is 3.69. The molecule has 2 heteroatoms. The maximum Gasteiger partial charge on any atom is 0.0361 e. The number of nitrogens with zero attached hydrogens (tertiary/aromatic N) is 1. The van der Waals surface area contributed by atoms with Crippen molar-refractivity contribution in [2.75, 3.05) is 0 Å². The molecular formula is C15H27NO. The molecule has 0 amide bonds. The number of hydroxylamine groups is 2. The van der Waals surface area contributed by atoms with Crippen LogP contribution in [0.3, 0.4) is 0 Å². The van der Waals surface area contributed by atoms with E-state index in [1.807, 2.05) is 0 Å². The van der Waals surface area contributed by atoms with E-state index in [9.17, 15) is 5.21 Å². The summed E-state index contributed by atoms with van der Waals surface area (Å²) in [4.78, 5) is 0. The zero-order valence-electron chi connectivity index (χ0n) is 11.5. The molecule has 5 unspecified atom stereocenters. The number of rotatable bonds is 3. The van der Waals surface area contributed by atoms with Crippen molar-refractivity contribution in [3.63, 3.8) is 0 Å². The molecule has 5 atom stereocenters. The van der Waals surface area contributed by atoms with Crippen LogP contribution in [0.25, 0.3) is 0 Å². The van der Waals surface area contributed by atoms with Gasteiger partial charge < -0.3 is 5.21 Å². The molecule has 2 nitrogen and oxygen atoms in total. The van der Waals surface area contributed by atoms with Crippen LogP contribution >= 0.6 is 0 Å². The van der Waals surface area contributed by atoms with Gasteiger partial charge in [0.2, 0.25) is 0 Å². The van der Waals surface area contributed by atoms with Crippen LogP contribution < -0.4 is 0 Å². The third kappa shape index (κ3) is 1.53. The highest BCUT2D eigenvalue weighted by molar-refractivity contribution is 5.08. The van der Waals surface area contributed by atoms with E-state index >= 15 is 0 Å². The molecule has 98 valence electrons. The van der Waals surface area contributed by atoms with Gasteiger partial charge in [-0.3, -0.25) is 0 Å². The minimum absolute atomic E-state index is 0.461. The lowest BCUT2D eigenvalue weighted by molar-refractivity contribution is -0.189. The summed E-state index contributed by atoms with van der Waals surface area (Å²) in [5.41, 5.74) is 0.489. The second-order valence-corrected chi connectivity index (χ2v) is 6.98. The van der Waals surface area contributed by atoms with Crippen LogP contribution in [0.5, 0.6) is 0 Å². The molecule has 1 heterocycles. The van der Waals surface area contributed by atoms with Crippen molar-refractivity contribution in [2.45, 2.75) is 71.4 Å². The fourth-order valence-electron chi connectivity index (χ4n) is 5.66. The van der Waals surface area contributed by atoms with Crippen LogP contribution in [0.1, 0.15) is 59.3 Å². The van der Waals surface area contributed by atoms with Gasteiger partial charge >= 0.3 is 0 Å². The maximum absolute atomic E-state index is 10.3. The monoisotopic (exact) mass is 237 g/mol. The van der Waals surface area contributed by atoms with Crippen LogP contribution in [0, 0.1) is 23.2 Å². The Kier molecular flexibility index (Phi) is 2.79. The Morgan fingerprint density at radius 3 is 2.47 bits per heavy atom. The summed E-state index contributed by atoms with van der Waals surface area (Å²) in [5, 5.41) is 12.0. The topological polar surface area (TPSA) is 23.5 Å².